The van der Waals surface area contributed by atoms with Crippen LogP contribution in [-0.2, 0) is 9.59 Å². The summed E-state index contributed by atoms with van der Waals surface area (Å²) in [6, 6.07) is 6.85. The van der Waals surface area contributed by atoms with Gasteiger partial charge in [-0.2, -0.15) is 0 Å². The Kier molecular flexibility index (Phi) is 6.99. The highest BCUT2D eigenvalue weighted by molar-refractivity contribution is 6.39. The number of nitrogens with zero attached hydrogens (tertiary/aromatic N) is 2. The lowest BCUT2D eigenvalue weighted by molar-refractivity contribution is -0.136. The molecule has 0 aromatic heterocycles. The Bertz CT molecular complexity index is 645. The maximum absolute atomic E-state index is 12.0. The van der Waals surface area contributed by atoms with E-state index in [9.17, 15) is 9.59 Å². The Balaban J connectivity index is 1.73. The third-order valence-corrected chi connectivity index (χ3v) is 4.27. The Hall–Kier alpha value is -2.36. The van der Waals surface area contributed by atoms with E-state index in [2.05, 4.69) is 40.3 Å². The van der Waals surface area contributed by atoms with Crippen LogP contribution in [0.2, 0.25) is 0 Å². The van der Waals surface area contributed by atoms with Crippen LogP contribution in [-0.4, -0.2) is 67.9 Å². The van der Waals surface area contributed by atoms with Gasteiger partial charge in [0.1, 0.15) is 0 Å². The van der Waals surface area contributed by atoms with Gasteiger partial charge < -0.3 is 20.4 Å². The zero-order valence-corrected chi connectivity index (χ0v) is 14.9. The number of terminal acetylenes is 1. The zero-order valence-electron chi connectivity index (χ0n) is 14.9. The molecule has 2 rings (SSSR count). The minimum Gasteiger partial charge on any atom is -0.348 e. The van der Waals surface area contributed by atoms with E-state index in [1.54, 1.807) is 24.3 Å². The lowest BCUT2D eigenvalue weighted by Gasteiger charge is -2.33. The van der Waals surface area contributed by atoms with Crippen LogP contribution < -0.4 is 10.6 Å². The van der Waals surface area contributed by atoms with E-state index in [1.165, 1.54) is 0 Å². The summed E-state index contributed by atoms with van der Waals surface area (Å²) in [6.07, 6.45) is 5.33. The SMILES string of the molecule is C#Cc1cccc(NC(=O)C(=O)NC[C@@H](C)CN2CCN(C)CC2)c1. The number of piperazine rings is 1. The maximum atomic E-state index is 12.0. The van der Waals surface area contributed by atoms with Gasteiger partial charge in [-0.25, -0.2) is 0 Å². The van der Waals surface area contributed by atoms with E-state index in [0.29, 0.717) is 17.8 Å². The molecule has 2 N–H and O–H groups in total. The third-order valence-electron chi connectivity index (χ3n) is 4.27. The standard InChI is InChI=1S/C19H26N4O2/c1-4-16-6-5-7-17(12-16)21-19(25)18(24)20-13-15(2)14-23-10-8-22(3)9-11-23/h1,5-7,12,15H,8-11,13-14H2,2-3H3,(H,20,24)(H,21,25)/t15-/m1/s1. The number of hydrogen-bond donors (Lipinski definition) is 2. The van der Waals surface area contributed by atoms with Gasteiger partial charge in [-0.3, -0.25) is 9.59 Å². The number of benzene rings is 1. The van der Waals surface area contributed by atoms with Crippen molar-refractivity contribution in [1.82, 2.24) is 15.1 Å². The van der Waals surface area contributed by atoms with Crippen LogP contribution >= 0.6 is 0 Å². The average molecular weight is 342 g/mol. The van der Waals surface area contributed by atoms with Gasteiger partial charge in [-0.1, -0.05) is 18.9 Å². The molecule has 1 atom stereocenters. The first-order valence-electron chi connectivity index (χ1n) is 8.54. The highest BCUT2D eigenvalue weighted by Crippen LogP contribution is 2.09. The van der Waals surface area contributed by atoms with Gasteiger partial charge in [0.05, 0.1) is 0 Å². The second kappa shape index (κ2) is 9.21. The summed E-state index contributed by atoms with van der Waals surface area (Å²) in [5.74, 6) is 1.47. The van der Waals surface area contributed by atoms with Crippen molar-refractivity contribution in [3.05, 3.63) is 29.8 Å². The van der Waals surface area contributed by atoms with Gasteiger partial charge in [0.25, 0.3) is 0 Å². The smallest absolute Gasteiger partial charge is 0.313 e. The van der Waals surface area contributed by atoms with E-state index in [0.717, 1.165) is 32.7 Å². The largest absolute Gasteiger partial charge is 0.348 e. The molecule has 1 heterocycles. The topological polar surface area (TPSA) is 64.7 Å². The normalized spacial score (nSPS) is 16.7. The lowest BCUT2D eigenvalue weighted by atomic mass is 10.1. The van der Waals surface area contributed by atoms with Gasteiger partial charge in [-0.05, 0) is 31.2 Å². The fourth-order valence-corrected chi connectivity index (χ4v) is 2.76. The van der Waals surface area contributed by atoms with Crippen molar-refractivity contribution in [1.29, 1.82) is 0 Å². The van der Waals surface area contributed by atoms with E-state index >= 15 is 0 Å². The van der Waals surface area contributed by atoms with Crippen LogP contribution in [0.4, 0.5) is 5.69 Å². The number of hydrogen-bond acceptors (Lipinski definition) is 4. The first-order valence-corrected chi connectivity index (χ1v) is 8.54. The predicted molar refractivity (Wildman–Crippen MR) is 99.1 cm³/mol. The number of likely N-dealkylation sites (N-methyl/N-ethyl adjacent to an activating group) is 1. The first kappa shape index (κ1) is 19.0. The summed E-state index contributed by atoms with van der Waals surface area (Å²) in [6.45, 7) is 7.69. The Labute approximate surface area is 149 Å². The number of amides is 2. The Morgan fingerprint density at radius 2 is 1.96 bits per heavy atom. The van der Waals surface area contributed by atoms with E-state index < -0.39 is 11.8 Å². The molecule has 25 heavy (non-hydrogen) atoms. The number of rotatable bonds is 5. The molecule has 1 aliphatic rings. The molecule has 1 aromatic carbocycles. The van der Waals surface area contributed by atoms with Crippen LogP contribution in [0.15, 0.2) is 24.3 Å². The molecule has 1 saturated heterocycles. The van der Waals surface area contributed by atoms with Crippen molar-refractivity contribution in [3.8, 4) is 12.3 Å². The lowest BCUT2D eigenvalue weighted by Crippen LogP contribution is -2.47. The molecule has 0 unspecified atom stereocenters. The molecule has 2 amide bonds. The maximum Gasteiger partial charge on any atom is 0.313 e. The fourth-order valence-electron chi connectivity index (χ4n) is 2.76. The monoisotopic (exact) mass is 342 g/mol. The highest BCUT2D eigenvalue weighted by atomic mass is 16.2. The van der Waals surface area contributed by atoms with Crippen molar-refractivity contribution in [2.45, 2.75) is 6.92 Å². The van der Waals surface area contributed by atoms with Gasteiger partial charge in [0, 0.05) is 50.5 Å². The molecular formula is C19H26N4O2. The second-order valence-corrected chi connectivity index (χ2v) is 6.60. The Morgan fingerprint density at radius 3 is 2.64 bits per heavy atom. The van der Waals surface area contributed by atoms with Crippen LogP contribution in [0.1, 0.15) is 12.5 Å². The van der Waals surface area contributed by atoms with Crippen LogP contribution in [0.3, 0.4) is 0 Å². The molecule has 6 nitrogen and oxygen atoms in total. The van der Waals surface area contributed by atoms with Crippen molar-refractivity contribution in [2.24, 2.45) is 5.92 Å². The van der Waals surface area contributed by atoms with E-state index in [1.807, 2.05) is 0 Å². The first-order chi connectivity index (χ1) is 12.0. The highest BCUT2D eigenvalue weighted by Gasteiger charge is 2.18. The molecule has 1 aliphatic heterocycles. The number of carbonyl (C=O) groups is 2. The number of nitrogens with one attached hydrogen (secondary N) is 2. The van der Waals surface area contributed by atoms with Gasteiger partial charge in [0.2, 0.25) is 0 Å². The second-order valence-electron chi connectivity index (χ2n) is 6.60. The van der Waals surface area contributed by atoms with Gasteiger partial charge in [-0.15, -0.1) is 6.42 Å². The Morgan fingerprint density at radius 1 is 1.24 bits per heavy atom. The number of anilines is 1. The van der Waals surface area contributed by atoms with Crippen molar-refractivity contribution in [3.63, 3.8) is 0 Å². The van der Waals surface area contributed by atoms with Crippen molar-refractivity contribution in [2.75, 3.05) is 51.6 Å². The van der Waals surface area contributed by atoms with Crippen LogP contribution in [0, 0.1) is 18.3 Å². The minimum absolute atomic E-state index is 0.282. The van der Waals surface area contributed by atoms with Gasteiger partial charge in [0.15, 0.2) is 0 Å². The summed E-state index contributed by atoms with van der Waals surface area (Å²) in [5, 5.41) is 5.26. The minimum atomic E-state index is -0.680. The molecule has 0 spiro atoms. The summed E-state index contributed by atoms with van der Waals surface area (Å²) in [5.41, 5.74) is 1.17. The van der Waals surface area contributed by atoms with Crippen molar-refractivity contribution < 1.29 is 9.59 Å². The molecule has 134 valence electrons. The van der Waals surface area contributed by atoms with E-state index in [4.69, 9.17) is 6.42 Å². The van der Waals surface area contributed by atoms with Crippen molar-refractivity contribution >= 4 is 17.5 Å². The molecule has 0 aliphatic carbocycles. The zero-order chi connectivity index (χ0) is 18.2. The summed E-state index contributed by atoms with van der Waals surface area (Å²) in [4.78, 5) is 28.6. The number of carbonyl (C=O) groups excluding carboxylic acids is 2. The van der Waals surface area contributed by atoms with Crippen LogP contribution in [0.5, 0.6) is 0 Å². The quantitative estimate of drug-likeness (QED) is 0.608. The van der Waals surface area contributed by atoms with Gasteiger partial charge >= 0.3 is 11.8 Å². The summed E-state index contributed by atoms with van der Waals surface area (Å²) in [7, 11) is 2.12. The predicted octanol–water partition coefficient (Wildman–Crippen LogP) is 0.606. The molecule has 1 aromatic rings. The third kappa shape index (κ3) is 6.22. The van der Waals surface area contributed by atoms with E-state index in [-0.39, 0.29) is 5.92 Å². The molecule has 1 fully saturated rings. The molecular weight excluding hydrogens is 316 g/mol. The van der Waals surface area contributed by atoms with Crippen LogP contribution in [0.25, 0.3) is 0 Å². The molecule has 6 heteroatoms. The summed E-state index contributed by atoms with van der Waals surface area (Å²) < 4.78 is 0. The molecule has 0 saturated carbocycles. The molecule has 0 bridgehead atoms. The molecule has 0 radical (unpaired) electrons. The average Bonchev–Trinajstić information content (AvgIpc) is 2.61. The fraction of sp³-hybridized carbons (Fsp3) is 0.474. The summed E-state index contributed by atoms with van der Waals surface area (Å²) >= 11 is 0.